The molecule has 0 aliphatic rings. The molecule has 1 heterocycles. The van der Waals surface area contributed by atoms with Gasteiger partial charge in [0.25, 0.3) is 5.91 Å². The molecule has 1 aromatic carbocycles. The molecule has 1 amide bonds. The van der Waals surface area contributed by atoms with Gasteiger partial charge in [-0.2, -0.15) is 0 Å². The van der Waals surface area contributed by atoms with Crippen molar-refractivity contribution in [2.24, 2.45) is 0 Å². The van der Waals surface area contributed by atoms with E-state index >= 15 is 0 Å². The lowest BCUT2D eigenvalue weighted by molar-refractivity contribution is -0.133. The van der Waals surface area contributed by atoms with Gasteiger partial charge in [0.2, 0.25) is 0 Å². The maximum absolute atomic E-state index is 12.1. The summed E-state index contributed by atoms with van der Waals surface area (Å²) in [5.41, 5.74) is 6.29. The lowest BCUT2D eigenvalue weighted by Gasteiger charge is -2.20. The van der Waals surface area contributed by atoms with Crippen molar-refractivity contribution < 1.29 is 9.53 Å². The Balaban J connectivity index is 1.89. The predicted molar refractivity (Wildman–Crippen MR) is 81.8 cm³/mol. The van der Waals surface area contributed by atoms with Gasteiger partial charge in [-0.05, 0) is 30.5 Å². The largest absolute Gasteiger partial charge is 0.484 e. The summed E-state index contributed by atoms with van der Waals surface area (Å²) in [6.45, 7) is 3.29. The van der Waals surface area contributed by atoms with Gasteiger partial charge in [-0.15, -0.1) is 11.3 Å². The maximum atomic E-state index is 12.1. The Morgan fingerprint density at radius 2 is 2.20 bits per heavy atom. The Hall–Kier alpha value is -2.01. The van der Waals surface area contributed by atoms with Gasteiger partial charge in [0.05, 0.1) is 6.54 Å². The van der Waals surface area contributed by atoms with Crippen molar-refractivity contribution in [3.05, 3.63) is 46.7 Å². The first-order valence-electron chi connectivity index (χ1n) is 6.47. The molecular formula is C15H18N2O2S. The number of thiophene rings is 1. The Kier molecular flexibility index (Phi) is 5.01. The highest BCUT2D eigenvalue weighted by Gasteiger charge is 2.13. The van der Waals surface area contributed by atoms with Crippen LogP contribution in [-0.2, 0) is 11.3 Å². The van der Waals surface area contributed by atoms with E-state index in [9.17, 15) is 4.79 Å². The van der Waals surface area contributed by atoms with Gasteiger partial charge in [0, 0.05) is 23.2 Å². The molecule has 1 aromatic heterocycles. The summed E-state index contributed by atoms with van der Waals surface area (Å²) in [5, 5.41) is 2.01. The zero-order valence-electron chi connectivity index (χ0n) is 11.4. The Labute approximate surface area is 122 Å². The second-order valence-electron chi connectivity index (χ2n) is 4.35. The van der Waals surface area contributed by atoms with Crippen molar-refractivity contribution in [2.45, 2.75) is 13.5 Å². The van der Waals surface area contributed by atoms with E-state index in [1.807, 2.05) is 24.4 Å². The number of benzene rings is 1. The summed E-state index contributed by atoms with van der Waals surface area (Å²) in [5.74, 6) is 0.592. The zero-order chi connectivity index (χ0) is 14.4. The summed E-state index contributed by atoms with van der Waals surface area (Å²) < 4.78 is 5.48. The Morgan fingerprint density at radius 1 is 1.35 bits per heavy atom. The second-order valence-corrected chi connectivity index (χ2v) is 5.38. The van der Waals surface area contributed by atoms with Crippen molar-refractivity contribution in [3.63, 3.8) is 0 Å². The zero-order valence-corrected chi connectivity index (χ0v) is 12.2. The summed E-state index contributed by atoms with van der Waals surface area (Å²) in [6.07, 6.45) is 0. The van der Waals surface area contributed by atoms with Crippen LogP contribution in [0.15, 0.2) is 41.8 Å². The summed E-state index contributed by atoms with van der Waals surface area (Å²) in [6, 6.07) is 11.1. The van der Waals surface area contributed by atoms with E-state index < -0.39 is 0 Å². The van der Waals surface area contributed by atoms with E-state index in [0.29, 0.717) is 24.5 Å². The van der Waals surface area contributed by atoms with Crippen LogP contribution in [-0.4, -0.2) is 24.0 Å². The van der Waals surface area contributed by atoms with Crippen molar-refractivity contribution in [1.29, 1.82) is 0 Å². The van der Waals surface area contributed by atoms with Crippen LogP contribution in [0.3, 0.4) is 0 Å². The maximum Gasteiger partial charge on any atom is 0.260 e. The molecule has 0 radical (unpaired) electrons. The number of nitrogens with zero attached hydrogens (tertiary/aromatic N) is 1. The average molecular weight is 290 g/mol. The lowest BCUT2D eigenvalue weighted by atomic mass is 10.3. The Morgan fingerprint density at radius 3 is 2.85 bits per heavy atom. The SMILES string of the molecule is CCN(Cc1cccs1)C(=O)COc1cccc(N)c1. The summed E-state index contributed by atoms with van der Waals surface area (Å²) >= 11 is 1.65. The van der Waals surface area contributed by atoms with Crippen molar-refractivity contribution in [1.82, 2.24) is 4.90 Å². The monoisotopic (exact) mass is 290 g/mol. The fourth-order valence-corrected chi connectivity index (χ4v) is 2.53. The van der Waals surface area contributed by atoms with E-state index in [1.54, 1.807) is 40.5 Å². The molecule has 2 aromatic rings. The number of hydrogen-bond acceptors (Lipinski definition) is 4. The summed E-state index contributed by atoms with van der Waals surface area (Å²) in [4.78, 5) is 15.1. The van der Waals surface area contributed by atoms with Crippen LogP contribution in [0.25, 0.3) is 0 Å². The molecule has 0 aliphatic heterocycles. The number of anilines is 1. The minimum absolute atomic E-state index is 0.0247. The Bertz CT molecular complexity index is 555. The average Bonchev–Trinajstić information content (AvgIpc) is 2.95. The molecule has 0 atom stereocenters. The van der Waals surface area contributed by atoms with E-state index in [0.717, 1.165) is 0 Å². The van der Waals surface area contributed by atoms with Crippen LogP contribution in [0.1, 0.15) is 11.8 Å². The van der Waals surface area contributed by atoms with Crippen LogP contribution in [0.5, 0.6) is 5.75 Å². The molecule has 20 heavy (non-hydrogen) atoms. The van der Waals surface area contributed by atoms with Crippen LogP contribution in [0, 0.1) is 0 Å². The standard InChI is InChI=1S/C15H18N2O2S/c1-2-17(10-14-7-4-8-20-14)15(18)11-19-13-6-3-5-12(16)9-13/h3-9H,2,10-11,16H2,1H3. The summed E-state index contributed by atoms with van der Waals surface area (Å²) in [7, 11) is 0. The van der Waals surface area contributed by atoms with Crippen LogP contribution < -0.4 is 10.5 Å². The van der Waals surface area contributed by atoms with Crippen LogP contribution >= 0.6 is 11.3 Å². The van der Waals surface area contributed by atoms with E-state index in [1.165, 1.54) is 4.88 Å². The molecule has 2 rings (SSSR count). The van der Waals surface area contributed by atoms with Crippen LogP contribution in [0.4, 0.5) is 5.69 Å². The van der Waals surface area contributed by atoms with Crippen molar-refractivity contribution >= 4 is 22.9 Å². The van der Waals surface area contributed by atoms with Gasteiger partial charge < -0.3 is 15.4 Å². The van der Waals surface area contributed by atoms with Gasteiger partial charge in [-0.25, -0.2) is 0 Å². The lowest BCUT2D eigenvalue weighted by Crippen LogP contribution is -2.34. The molecule has 0 bridgehead atoms. The third kappa shape index (κ3) is 3.99. The number of rotatable bonds is 6. The van der Waals surface area contributed by atoms with Gasteiger partial charge in [-0.1, -0.05) is 12.1 Å². The van der Waals surface area contributed by atoms with E-state index in [4.69, 9.17) is 10.5 Å². The second kappa shape index (κ2) is 6.96. The molecule has 0 aliphatic carbocycles. The third-order valence-corrected chi connectivity index (χ3v) is 3.74. The minimum Gasteiger partial charge on any atom is -0.484 e. The highest BCUT2D eigenvalue weighted by Crippen LogP contribution is 2.15. The highest BCUT2D eigenvalue weighted by atomic mass is 32.1. The fraction of sp³-hybridized carbons (Fsp3) is 0.267. The molecule has 4 nitrogen and oxygen atoms in total. The van der Waals surface area contributed by atoms with Crippen molar-refractivity contribution in [2.75, 3.05) is 18.9 Å². The van der Waals surface area contributed by atoms with Gasteiger partial charge in [0.15, 0.2) is 6.61 Å². The smallest absolute Gasteiger partial charge is 0.260 e. The number of hydrogen-bond donors (Lipinski definition) is 1. The molecular weight excluding hydrogens is 272 g/mol. The fourth-order valence-electron chi connectivity index (χ4n) is 1.81. The molecule has 0 saturated carbocycles. The van der Waals surface area contributed by atoms with E-state index in [2.05, 4.69) is 0 Å². The molecule has 0 fully saturated rings. The van der Waals surface area contributed by atoms with Crippen LogP contribution in [0.2, 0.25) is 0 Å². The third-order valence-electron chi connectivity index (χ3n) is 2.88. The molecule has 106 valence electrons. The number of nitrogens with two attached hydrogens (primary N) is 1. The predicted octanol–water partition coefficient (Wildman–Crippen LogP) is 2.76. The number of carbonyl (C=O) groups excluding carboxylic acids is 1. The highest BCUT2D eigenvalue weighted by molar-refractivity contribution is 7.09. The number of ether oxygens (including phenoxy) is 1. The molecule has 0 saturated heterocycles. The quantitative estimate of drug-likeness (QED) is 0.832. The normalized spacial score (nSPS) is 10.2. The molecule has 2 N–H and O–H groups in total. The number of nitrogen functional groups attached to an aromatic ring is 1. The van der Waals surface area contributed by atoms with Gasteiger partial charge in [0.1, 0.15) is 5.75 Å². The molecule has 0 spiro atoms. The minimum atomic E-state index is -0.0247. The molecule has 5 heteroatoms. The molecule has 0 unspecified atom stereocenters. The number of carbonyl (C=O) groups is 1. The van der Waals surface area contributed by atoms with Crippen molar-refractivity contribution in [3.8, 4) is 5.75 Å². The van der Waals surface area contributed by atoms with Gasteiger partial charge >= 0.3 is 0 Å². The first-order chi connectivity index (χ1) is 9.69. The van der Waals surface area contributed by atoms with Gasteiger partial charge in [-0.3, -0.25) is 4.79 Å². The topological polar surface area (TPSA) is 55.6 Å². The number of likely N-dealkylation sites (N-methyl/N-ethyl adjacent to an activating group) is 1. The van der Waals surface area contributed by atoms with E-state index in [-0.39, 0.29) is 12.5 Å². The first kappa shape index (κ1) is 14.4. The first-order valence-corrected chi connectivity index (χ1v) is 7.35. The number of amides is 1.